The Hall–Kier alpha value is -2.41. The van der Waals surface area contributed by atoms with Crippen LogP contribution in [-0.4, -0.2) is 26.4 Å². The summed E-state index contributed by atoms with van der Waals surface area (Å²) in [5, 5.41) is 0. The van der Waals surface area contributed by atoms with Gasteiger partial charge in [-0.15, -0.1) is 0 Å². The van der Waals surface area contributed by atoms with Gasteiger partial charge in [-0.2, -0.15) is 0 Å². The molecule has 4 heterocycles. The highest BCUT2D eigenvalue weighted by Crippen LogP contribution is 2.33. The number of hydrogen-bond donors (Lipinski definition) is 0. The van der Waals surface area contributed by atoms with E-state index in [1.54, 1.807) is 24.1 Å². The number of carbonyl (C=O) groups excluding carboxylic acids is 1. The molecule has 1 aliphatic heterocycles. The van der Waals surface area contributed by atoms with Crippen LogP contribution in [0.25, 0.3) is 5.65 Å². The first-order chi connectivity index (χ1) is 11.5. The molecule has 4 rings (SSSR count). The molecule has 1 aliphatic rings. The second-order valence-corrected chi connectivity index (χ2v) is 6.64. The summed E-state index contributed by atoms with van der Waals surface area (Å²) in [4.78, 5) is 23.2. The smallest absolute Gasteiger partial charge is 0.269 e. The molecule has 1 atom stereocenters. The molecule has 0 saturated carbocycles. The topological polar surface area (TPSA) is 59.7 Å². The minimum absolute atomic E-state index is 0.106. The van der Waals surface area contributed by atoms with Gasteiger partial charge in [0.25, 0.3) is 5.91 Å². The van der Waals surface area contributed by atoms with E-state index in [1.807, 2.05) is 35.7 Å². The number of hydrogen-bond acceptors (Lipinski definition) is 4. The molecule has 24 heavy (non-hydrogen) atoms. The highest BCUT2D eigenvalue weighted by Gasteiger charge is 2.33. The molecule has 6 nitrogen and oxygen atoms in total. The Bertz CT molecular complexity index is 953. The molecule has 0 N–H and O–H groups in total. The Balaban J connectivity index is 1.82. The SMILES string of the molecule is Cc1nc2ccc(Br)cn2c1CN1C(=O)[C@@H](C)Oc2cccnc21. The van der Waals surface area contributed by atoms with Crippen LogP contribution in [0.4, 0.5) is 5.82 Å². The van der Waals surface area contributed by atoms with Gasteiger partial charge < -0.3 is 9.14 Å². The predicted molar refractivity (Wildman–Crippen MR) is 93.1 cm³/mol. The lowest BCUT2D eigenvalue weighted by atomic mass is 10.2. The monoisotopic (exact) mass is 386 g/mol. The quantitative estimate of drug-likeness (QED) is 0.678. The maximum absolute atomic E-state index is 12.7. The average Bonchev–Trinajstić information content (AvgIpc) is 2.87. The summed E-state index contributed by atoms with van der Waals surface area (Å²) in [6, 6.07) is 7.52. The highest BCUT2D eigenvalue weighted by atomic mass is 79.9. The maximum Gasteiger partial charge on any atom is 0.269 e. The summed E-state index contributed by atoms with van der Waals surface area (Å²) < 4.78 is 8.59. The van der Waals surface area contributed by atoms with Crippen molar-refractivity contribution in [3.63, 3.8) is 0 Å². The molecule has 0 aliphatic carbocycles. The third kappa shape index (κ3) is 2.36. The molecule has 0 radical (unpaired) electrons. The summed E-state index contributed by atoms with van der Waals surface area (Å²) in [7, 11) is 0. The lowest BCUT2D eigenvalue weighted by Crippen LogP contribution is -2.44. The van der Waals surface area contributed by atoms with Crippen LogP contribution in [0.2, 0.25) is 0 Å². The minimum Gasteiger partial charge on any atom is -0.477 e. The molecule has 0 fully saturated rings. The molecule has 0 saturated heterocycles. The lowest BCUT2D eigenvalue weighted by Gasteiger charge is -2.31. The summed E-state index contributed by atoms with van der Waals surface area (Å²) in [5.74, 6) is 1.06. The molecule has 0 bridgehead atoms. The Morgan fingerprint density at radius 1 is 1.33 bits per heavy atom. The summed E-state index contributed by atoms with van der Waals surface area (Å²) in [5.41, 5.74) is 2.68. The van der Waals surface area contributed by atoms with Gasteiger partial charge in [0.1, 0.15) is 5.65 Å². The summed E-state index contributed by atoms with van der Waals surface area (Å²) in [6.07, 6.45) is 3.09. The number of nitrogens with zero attached hydrogens (tertiary/aromatic N) is 4. The highest BCUT2D eigenvalue weighted by molar-refractivity contribution is 9.10. The van der Waals surface area contributed by atoms with E-state index >= 15 is 0 Å². The second kappa shape index (κ2) is 5.59. The van der Waals surface area contributed by atoms with Crippen molar-refractivity contribution in [2.75, 3.05) is 4.90 Å². The molecule has 3 aromatic heterocycles. The number of fused-ring (bicyclic) bond motifs is 2. The van der Waals surface area contributed by atoms with Crippen LogP contribution in [0, 0.1) is 6.92 Å². The number of aromatic nitrogens is 3. The van der Waals surface area contributed by atoms with Gasteiger partial charge in [0, 0.05) is 16.9 Å². The molecule has 3 aromatic rings. The van der Waals surface area contributed by atoms with E-state index in [9.17, 15) is 4.79 Å². The zero-order valence-electron chi connectivity index (χ0n) is 13.2. The Morgan fingerprint density at radius 3 is 3.00 bits per heavy atom. The molecular formula is C17H15BrN4O2. The van der Waals surface area contributed by atoms with Crippen LogP contribution in [-0.2, 0) is 11.3 Å². The van der Waals surface area contributed by atoms with Crippen molar-refractivity contribution in [1.29, 1.82) is 0 Å². The van der Waals surface area contributed by atoms with E-state index in [4.69, 9.17) is 4.74 Å². The van der Waals surface area contributed by atoms with E-state index in [2.05, 4.69) is 25.9 Å². The van der Waals surface area contributed by atoms with Crippen molar-refractivity contribution in [3.05, 3.63) is 52.5 Å². The van der Waals surface area contributed by atoms with E-state index in [0.717, 1.165) is 21.5 Å². The van der Waals surface area contributed by atoms with Gasteiger partial charge in [0.15, 0.2) is 17.7 Å². The zero-order chi connectivity index (χ0) is 16.8. The van der Waals surface area contributed by atoms with E-state index in [1.165, 1.54) is 0 Å². The van der Waals surface area contributed by atoms with Gasteiger partial charge >= 0.3 is 0 Å². The van der Waals surface area contributed by atoms with Crippen LogP contribution in [0.15, 0.2) is 41.1 Å². The number of imidazole rings is 1. The number of amides is 1. The Labute approximate surface area is 147 Å². The molecule has 1 amide bonds. The van der Waals surface area contributed by atoms with E-state index in [-0.39, 0.29) is 5.91 Å². The fraction of sp³-hybridized carbons (Fsp3) is 0.235. The largest absolute Gasteiger partial charge is 0.477 e. The zero-order valence-corrected chi connectivity index (χ0v) is 14.8. The van der Waals surface area contributed by atoms with Gasteiger partial charge in [0.2, 0.25) is 0 Å². The van der Waals surface area contributed by atoms with Gasteiger partial charge in [0.05, 0.1) is 17.9 Å². The number of halogens is 1. The molecule has 0 aromatic carbocycles. The lowest BCUT2D eigenvalue weighted by molar-refractivity contribution is -0.125. The third-order valence-corrected chi connectivity index (χ3v) is 4.58. The van der Waals surface area contributed by atoms with Gasteiger partial charge in [-0.1, -0.05) is 0 Å². The number of anilines is 1. The molecule has 122 valence electrons. The van der Waals surface area contributed by atoms with Crippen LogP contribution in [0.3, 0.4) is 0 Å². The van der Waals surface area contributed by atoms with Crippen molar-refractivity contribution in [1.82, 2.24) is 14.4 Å². The fourth-order valence-electron chi connectivity index (χ4n) is 2.92. The van der Waals surface area contributed by atoms with Crippen molar-refractivity contribution in [2.45, 2.75) is 26.5 Å². The van der Waals surface area contributed by atoms with Crippen LogP contribution < -0.4 is 9.64 Å². The van der Waals surface area contributed by atoms with E-state index < -0.39 is 6.10 Å². The number of aryl methyl sites for hydroxylation is 1. The first-order valence-corrected chi connectivity index (χ1v) is 8.40. The first-order valence-electron chi connectivity index (χ1n) is 7.61. The van der Waals surface area contributed by atoms with Crippen molar-refractivity contribution in [2.24, 2.45) is 0 Å². The summed E-state index contributed by atoms with van der Waals surface area (Å²) >= 11 is 3.49. The normalized spacial score (nSPS) is 17.0. The number of rotatable bonds is 2. The van der Waals surface area contributed by atoms with Crippen molar-refractivity contribution >= 4 is 33.3 Å². The Morgan fingerprint density at radius 2 is 2.17 bits per heavy atom. The maximum atomic E-state index is 12.7. The first kappa shape index (κ1) is 15.1. The molecular weight excluding hydrogens is 372 g/mol. The predicted octanol–water partition coefficient (Wildman–Crippen LogP) is 3.11. The Kier molecular flexibility index (Phi) is 3.53. The average molecular weight is 387 g/mol. The molecule has 0 unspecified atom stereocenters. The van der Waals surface area contributed by atoms with Gasteiger partial charge in [-0.25, -0.2) is 9.97 Å². The second-order valence-electron chi connectivity index (χ2n) is 5.73. The van der Waals surface area contributed by atoms with Crippen LogP contribution in [0.1, 0.15) is 18.3 Å². The summed E-state index contributed by atoms with van der Waals surface area (Å²) in [6.45, 7) is 4.09. The standard InChI is InChI=1S/C17H15BrN4O2/c1-10-13(21-8-12(18)5-6-15(21)20-10)9-22-16-14(4-3-7-19-16)24-11(2)17(22)23/h3-8,11H,9H2,1-2H3/t11-/m1/s1. The fourth-order valence-corrected chi connectivity index (χ4v) is 3.26. The van der Waals surface area contributed by atoms with Crippen molar-refractivity contribution < 1.29 is 9.53 Å². The minimum atomic E-state index is -0.534. The van der Waals surface area contributed by atoms with Gasteiger partial charge in [-0.3, -0.25) is 9.69 Å². The number of pyridine rings is 2. The van der Waals surface area contributed by atoms with Gasteiger partial charge in [-0.05, 0) is 54.0 Å². The van der Waals surface area contributed by atoms with Crippen LogP contribution in [0.5, 0.6) is 5.75 Å². The van der Waals surface area contributed by atoms with Crippen LogP contribution >= 0.6 is 15.9 Å². The molecule has 7 heteroatoms. The number of ether oxygens (including phenoxy) is 1. The number of carbonyl (C=O) groups is 1. The van der Waals surface area contributed by atoms with Crippen molar-refractivity contribution in [3.8, 4) is 5.75 Å². The third-order valence-electron chi connectivity index (χ3n) is 4.11. The molecule has 0 spiro atoms. The van der Waals surface area contributed by atoms with E-state index in [0.29, 0.717) is 18.1 Å².